The summed E-state index contributed by atoms with van der Waals surface area (Å²) >= 11 is 1.26. The fourth-order valence-electron chi connectivity index (χ4n) is 5.50. The first-order chi connectivity index (χ1) is 17.3. The highest BCUT2D eigenvalue weighted by Crippen LogP contribution is 2.60. The number of thioether (sulfide) groups is 1. The first kappa shape index (κ1) is 25.9. The molecule has 0 aromatic heterocycles. The minimum absolute atomic E-state index is 0.273. The summed E-state index contributed by atoms with van der Waals surface area (Å²) < 4.78 is 68.3. The van der Waals surface area contributed by atoms with Crippen molar-refractivity contribution in [1.82, 2.24) is 4.90 Å². The minimum atomic E-state index is -5.81. The molecule has 2 aromatic carbocycles. The third kappa shape index (κ3) is 4.16. The van der Waals surface area contributed by atoms with E-state index in [0.717, 1.165) is 10.8 Å². The summed E-state index contributed by atoms with van der Waals surface area (Å²) in [5, 5.41) is -4.16. The van der Waals surface area contributed by atoms with Gasteiger partial charge in [0.1, 0.15) is 6.10 Å². The van der Waals surface area contributed by atoms with Crippen LogP contribution in [0.2, 0.25) is 0 Å². The van der Waals surface area contributed by atoms with Crippen molar-refractivity contribution in [3.05, 3.63) is 48.0 Å². The average molecular weight is 556 g/mol. The molecule has 3 aliphatic rings. The van der Waals surface area contributed by atoms with E-state index in [2.05, 4.69) is 4.74 Å². The van der Waals surface area contributed by atoms with Gasteiger partial charge >= 0.3 is 27.3 Å². The molecule has 3 fully saturated rings. The number of carbonyl (C=O) groups is 3. The summed E-state index contributed by atoms with van der Waals surface area (Å²) in [6.45, 7) is 1.66. The second kappa shape index (κ2) is 8.91. The molecule has 3 aliphatic heterocycles. The van der Waals surface area contributed by atoms with Crippen molar-refractivity contribution in [1.29, 1.82) is 0 Å². The number of amides is 1. The molecule has 1 N–H and O–H groups in total. The predicted molar refractivity (Wildman–Crippen MR) is 129 cm³/mol. The number of halogens is 2. The highest BCUT2D eigenvalue weighted by molar-refractivity contribution is 8.01. The standard InChI is InChI=1S/C24H23F2NO8S2/c1-11(2)27-17-18(35-22(29)14-8-7-12-5-3-4-6-13(12)9-14)20-16(15(21(27)28)19(17)36-20)23(30)34-10-24(25,26)37(31,32)33/h3-9,11,15-20H,10H2,1-2H3,(H,31,32,33). The zero-order valence-corrected chi connectivity index (χ0v) is 21.2. The Kier molecular flexibility index (Phi) is 6.23. The van der Waals surface area contributed by atoms with Gasteiger partial charge in [-0.15, -0.1) is 11.8 Å². The van der Waals surface area contributed by atoms with Crippen molar-refractivity contribution < 1.29 is 45.6 Å². The normalized spacial score (nSPS) is 28.8. The largest absolute Gasteiger partial charge is 0.458 e. The van der Waals surface area contributed by atoms with Gasteiger partial charge in [0.15, 0.2) is 6.61 Å². The second-order valence-electron chi connectivity index (χ2n) is 9.60. The number of carbonyl (C=O) groups excluding carboxylic acids is 3. The Balaban J connectivity index is 1.42. The van der Waals surface area contributed by atoms with Gasteiger partial charge in [-0.2, -0.15) is 17.2 Å². The molecule has 1 amide bonds. The molecule has 13 heteroatoms. The quantitative estimate of drug-likeness (QED) is 0.405. The van der Waals surface area contributed by atoms with Gasteiger partial charge in [-0.1, -0.05) is 30.3 Å². The molecule has 0 aliphatic carbocycles. The Morgan fingerprint density at radius 3 is 2.46 bits per heavy atom. The molecule has 0 radical (unpaired) electrons. The lowest BCUT2D eigenvalue weighted by Crippen LogP contribution is -2.51. The number of likely N-dealkylation sites (tertiary alicyclic amines) is 1. The molecule has 37 heavy (non-hydrogen) atoms. The van der Waals surface area contributed by atoms with Crippen LogP contribution in [0.1, 0.15) is 24.2 Å². The smallest absolute Gasteiger partial charge is 0.402 e. The fraction of sp³-hybridized carbons (Fsp3) is 0.458. The molecule has 2 bridgehead atoms. The first-order valence-electron chi connectivity index (χ1n) is 11.5. The zero-order chi connectivity index (χ0) is 26.9. The lowest BCUT2D eigenvalue weighted by molar-refractivity contribution is -0.159. The Hall–Kier alpha value is -2.77. The summed E-state index contributed by atoms with van der Waals surface area (Å²) in [7, 11) is -5.81. The van der Waals surface area contributed by atoms with Crippen LogP contribution in [-0.2, 0) is 29.2 Å². The molecule has 3 heterocycles. The molecule has 3 saturated heterocycles. The topological polar surface area (TPSA) is 127 Å². The molecular formula is C24H23F2NO8S2. The molecule has 198 valence electrons. The molecule has 6 atom stereocenters. The van der Waals surface area contributed by atoms with E-state index >= 15 is 0 Å². The number of ether oxygens (including phenoxy) is 2. The number of hydrogen-bond acceptors (Lipinski definition) is 8. The molecular weight excluding hydrogens is 532 g/mol. The van der Waals surface area contributed by atoms with Crippen LogP contribution < -0.4 is 0 Å². The summed E-state index contributed by atoms with van der Waals surface area (Å²) in [5.74, 6) is -4.36. The van der Waals surface area contributed by atoms with E-state index in [1.165, 1.54) is 11.8 Å². The fourth-order valence-corrected chi connectivity index (χ4v) is 7.79. The van der Waals surface area contributed by atoms with Gasteiger partial charge in [-0.3, -0.25) is 14.1 Å². The van der Waals surface area contributed by atoms with Crippen LogP contribution >= 0.6 is 11.8 Å². The van der Waals surface area contributed by atoms with E-state index < -0.39 is 68.4 Å². The maximum absolute atomic E-state index is 13.7. The number of fused-ring (bicyclic) bond motifs is 2. The van der Waals surface area contributed by atoms with Crippen LogP contribution in [0.4, 0.5) is 8.78 Å². The van der Waals surface area contributed by atoms with E-state index in [-0.39, 0.29) is 17.5 Å². The van der Waals surface area contributed by atoms with Crippen LogP contribution in [-0.4, -0.2) is 76.3 Å². The molecule has 9 nitrogen and oxygen atoms in total. The lowest BCUT2D eigenvalue weighted by Gasteiger charge is -2.34. The monoisotopic (exact) mass is 555 g/mol. The van der Waals surface area contributed by atoms with Gasteiger partial charge in [0.25, 0.3) is 0 Å². The van der Waals surface area contributed by atoms with E-state index in [0.29, 0.717) is 0 Å². The highest BCUT2D eigenvalue weighted by Gasteiger charge is 2.72. The van der Waals surface area contributed by atoms with Crippen LogP contribution in [0.5, 0.6) is 0 Å². The maximum Gasteiger partial charge on any atom is 0.402 e. The van der Waals surface area contributed by atoms with Gasteiger partial charge in [-0.05, 0) is 36.8 Å². The zero-order valence-electron chi connectivity index (χ0n) is 19.6. The van der Waals surface area contributed by atoms with Crippen LogP contribution in [0.3, 0.4) is 0 Å². The Morgan fingerprint density at radius 1 is 1.14 bits per heavy atom. The van der Waals surface area contributed by atoms with Gasteiger partial charge < -0.3 is 14.4 Å². The van der Waals surface area contributed by atoms with Gasteiger partial charge in [0.05, 0.1) is 28.7 Å². The average Bonchev–Trinajstić information content (AvgIpc) is 3.44. The van der Waals surface area contributed by atoms with Crippen molar-refractivity contribution in [2.75, 3.05) is 6.61 Å². The highest BCUT2D eigenvalue weighted by atomic mass is 32.2. The van der Waals surface area contributed by atoms with Crippen molar-refractivity contribution in [3.63, 3.8) is 0 Å². The van der Waals surface area contributed by atoms with Crippen LogP contribution in [0, 0.1) is 11.8 Å². The number of esters is 2. The van der Waals surface area contributed by atoms with E-state index in [4.69, 9.17) is 9.29 Å². The second-order valence-corrected chi connectivity index (χ2v) is 12.5. The predicted octanol–water partition coefficient (Wildman–Crippen LogP) is 2.74. The molecule has 2 aromatic rings. The summed E-state index contributed by atoms with van der Waals surface area (Å²) in [6, 6.07) is 11.7. The van der Waals surface area contributed by atoms with Gasteiger partial charge in [-0.25, -0.2) is 4.79 Å². The number of benzene rings is 2. The lowest BCUT2D eigenvalue weighted by atomic mass is 9.78. The summed E-state index contributed by atoms with van der Waals surface area (Å²) in [5.41, 5.74) is 0.273. The van der Waals surface area contributed by atoms with E-state index in [1.54, 1.807) is 36.9 Å². The first-order valence-corrected chi connectivity index (χ1v) is 13.9. The van der Waals surface area contributed by atoms with Crippen molar-refractivity contribution in [3.8, 4) is 0 Å². The maximum atomic E-state index is 13.7. The number of hydrogen-bond donors (Lipinski definition) is 1. The van der Waals surface area contributed by atoms with Gasteiger partial charge in [0.2, 0.25) is 5.91 Å². The Labute approximate surface area is 215 Å². The summed E-state index contributed by atoms with van der Waals surface area (Å²) in [6.07, 6.45) is -0.918. The van der Waals surface area contributed by atoms with Crippen LogP contribution in [0.15, 0.2) is 42.5 Å². The van der Waals surface area contributed by atoms with Gasteiger partial charge in [0, 0.05) is 11.3 Å². The molecule has 6 unspecified atom stereocenters. The van der Waals surface area contributed by atoms with Crippen molar-refractivity contribution in [2.45, 2.75) is 47.8 Å². The number of alkyl halides is 2. The third-order valence-corrected chi connectivity index (χ3v) is 9.72. The Morgan fingerprint density at radius 2 is 1.81 bits per heavy atom. The number of nitrogens with zero attached hydrogens (tertiary/aromatic N) is 1. The van der Waals surface area contributed by atoms with Crippen molar-refractivity contribution >= 4 is 50.5 Å². The Bertz CT molecular complexity index is 1400. The summed E-state index contributed by atoms with van der Waals surface area (Å²) in [4.78, 5) is 40.9. The van der Waals surface area contributed by atoms with E-state index in [1.807, 2.05) is 24.3 Å². The molecule has 0 spiro atoms. The van der Waals surface area contributed by atoms with Crippen molar-refractivity contribution in [2.24, 2.45) is 11.8 Å². The molecule has 0 saturated carbocycles. The third-order valence-electron chi connectivity index (χ3n) is 7.08. The van der Waals surface area contributed by atoms with E-state index in [9.17, 15) is 31.6 Å². The minimum Gasteiger partial charge on any atom is -0.458 e. The van der Waals surface area contributed by atoms with Crippen LogP contribution in [0.25, 0.3) is 10.8 Å². The number of rotatable bonds is 7. The molecule has 5 rings (SSSR count). The SMILES string of the molecule is CC(C)N1C(=O)C2C3SC(C(OC(=O)c4ccc5ccccc5c4)C31)C2C(=O)OCC(F)(F)S(=O)(=O)O.